The van der Waals surface area contributed by atoms with Gasteiger partial charge in [0.2, 0.25) is 5.95 Å². The topological polar surface area (TPSA) is 21.1 Å². The molecule has 1 aliphatic rings. The molecule has 0 aliphatic carbocycles. The number of anilines is 2. The van der Waals surface area contributed by atoms with Crippen LogP contribution in [0.15, 0.2) is 109 Å². The van der Waals surface area contributed by atoms with Gasteiger partial charge in [-0.25, -0.2) is 4.98 Å². The first-order valence-electron chi connectivity index (χ1n) is 11.7. The molecule has 164 valence electrons. The molecule has 2 aromatic heterocycles. The van der Waals surface area contributed by atoms with Crippen molar-refractivity contribution in [3.63, 3.8) is 0 Å². The molecule has 3 nitrogen and oxygen atoms in total. The van der Waals surface area contributed by atoms with Crippen LogP contribution in [-0.4, -0.2) is 9.55 Å². The van der Waals surface area contributed by atoms with E-state index in [-0.39, 0.29) is 0 Å². The molecule has 4 heteroatoms. The van der Waals surface area contributed by atoms with Gasteiger partial charge in [0.05, 0.1) is 16.7 Å². The molecule has 0 saturated carbocycles. The molecule has 1 aliphatic heterocycles. The molecule has 0 fully saturated rings. The molecule has 0 radical (unpaired) electrons. The summed E-state index contributed by atoms with van der Waals surface area (Å²) in [7, 11) is 0. The number of hydrogen-bond acceptors (Lipinski definition) is 3. The highest BCUT2D eigenvalue weighted by Gasteiger charge is 2.24. The number of rotatable bonds is 2. The Kier molecular flexibility index (Phi) is 3.82. The maximum atomic E-state index is 5.11. The van der Waals surface area contributed by atoms with Gasteiger partial charge in [0.25, 0.3) is 0 Å². The second-order valence-electron chi connectivity index (χ2n) is 8.89. The number of aromatic nitrogens is 2. The summed E-state index contributed by atoms with van der Waals surface area (Å²) in [6.45, 7) is 0. The van der Waals surface area contributed by atoms with Crippen molar-refractivity contribution in [3.8, 4) is 5.69 Å². The minimum atomic E-state index is 0.891. The zero-order chi connectivity index (χ0) is 22.9. The third-order valence-electron chi connectivity index (χ3n) is 6.95. The molecule has 0 spiro atoms. The Hall–Kier alpha value is -4.41. The minimum Gasteiger partial charge on any atom is -0.286 e. The second-order valence-corrected chi connectivity index (χ2v) is 9.98. The fraction of sp³-hybridized carbons (Fsp3) is 0. The Bertz CT molecular complexity index is 1960. The van der Waals surface area contributed by atoms with Gasteiger partial charge in [0.1, 0.15) is 0 Å². The van der Waals surface area contributed by atoms with Crippen LogP contribution in [0.3, 0.4) is 0 Å². The summed E-state index contributed by atoms with van der Waals surface area (Å²) >= 11 is 1.87. The predicted molar refractivity (Wildman–Crippen MR) is 149 cm³/mol. The quantitative estimate of drug-likeness (QED) is 0.255. The molecule has 0 unspecified atom stereocenters. The molecule has 0 bridgehead atoms. The largest absolute Gasteiger partial charge is 0.286 e. The van der Waals surface area contributed by atoms with E-state index in [1.54, 1.807) is 0 Å². The SMILES string of the molecule is C1=CN(c2nc3ccccc3n2-c2ccccc2)c2cccc3cc4sc5ccccc5c4c1c23. The molecule has 35 heavy (non-hydrogen) atoms. The van der Waals surface area contributed by atoms with E-state index < -0.39 is 0 Å². The Morgan fingerprint density at radius 1 is 0.686 bits per heavy atom. The number of imidazole rings is 1. The van der Waals surface area contributed by atoms with Gasteiger partial charge in [-0.15, -0.1) is 11.3 Å². The Balaban J connectivity index is 1.45. The number of hydrogen-bond donors (Lipinski definition) is 0. The van der Waals surface area contributed by atoms with Crippen LogP contribution in [-0.2, 0) is 0 Å². The minimum absolute atomic E-state index is 0.891. The lowest BCUT2D eigenvalue weighted by Gasteiger charge is -2.27. The summed E-state index contributed by atoms with van der Waals surface area (Å²) in [6.07, 6.45) is 4.45. The van der Waals surface area contributed by atoms with Crippen LogP contribution in [0, 0.1) is 0 Å². The maximum absolute atomic E-state index is 5.11. The van der Waals surface area contributed by atoms with Gasteiger partial charge in [-0.2, -0.15) is 0 Å². The first kappa shape index (κ1) is 19.0. The van der Waals surface area contributed by atoms with Gasteiger partial charge in [-0.1, -0.05) is 60.7 Å². The van der Waals surface area contributed by atoms with E-state index in [1.165, 1.54) is 36.5 Å². The van der Waals surface area contributed by atoms with Crippen LogP contribution >= 0.6 is 11.3 Å². The molecule has 7 aromatic rings. The predicted octanol–water partition coefficient (Wildman–Crippen LogP) is 8.67. The van der Waals surface area contributed by atoms with E-state index in [9.17, 15) is 0 Å². The Morgan fingerprint density at radius 2 is 1.51 bits per heavy atom. The fourth-order valence-electron chi connectivity index (χ4n) is 5.46. The molecule has 0 atom stereocenters. The van der Waals surface area contributed by atoms with Gasteiger partial charge in [0.15, 0.2) is 0 Å². The van der Waals surface area contributed by atoms with Crippen LogP contribution in [0.1, 0.15) is 5.56 Å². The lowest BCUT2D eigenvalue weighted by molar-refractivity contribution is 1.03. The standard InChI is InChI=1S/C31H19N3S/c1-2-10-21(11-3-1)34-25-14-6-5-13-24(25)32-31(34)33-18-17-23-29-20(9-8-15-26(29)33)19-28-30(23)22-12-4-7-16-27(22)35-28/h1-19H. The van der Waals surface area contributed by atoms with Crippen molar-refractivity contribution in [2.75, 3.05) is 4.90 Å². The van der Waals surface area contributed by atoms with E-state index in [2.05, 4.69) is 125 Å². The van der Waals surface area contributed by atoms with Crippen molar-refractivity contribution >= 4 is 71.0 Å². The fourth-order valence-corrected chi connectivity index (χ4v) is 6.63. The number of thiophene rings is 1. The number of benzene rings is 5. The lowest BCUT2D eigenvalue weighted by atomic mass is 9.95. The molecule has 3 heterocycles. The Labute approximate surface area is 205 Å². The zero-order valence-corrected chi connectivity index (χ0v) is 19.5. The summed E-state index contributed by atoms with van der Waals surface area (Å²) in [5, 5.41) is 5.21. The van der Waals surface area contributed by atoms with Gasteiger partial charge in [0, 0.05) is 37.4 Å². The van der Waals surface area contributed by atoms with Crippen LogP contribution in [0.4, 0.5) is 11.6 Å². The molecule has 0 N–H and O–H groups in total. The van der Waals surface area contributed by atoms with Crippen LogP contribution in [0.25, 0.3) is 53.7 Å². The second kappa shape index (κ2) is 7.05. The average molecular weight is 466 g/mol. The highest BCUT2D eigenvalue weighted by atomic mass is 32.1. The average Bonchev–Trinajstić information content (AvgIpc) is 3.48. The molecular formula is C31H19N3S. The summed E-state index contributed by atoms with van der Waals surface area (Å²) in [5.41, 5.74) is 5.63. The van der Waals surface area contributed by atoms with Crippen LogP contribution in [0.5, 0.6) is 0 Å². The van der Waals surface area contributed by atoms with Gasteiger partial charge >= 0.3 is 0 Å². The summed E-state index contributed by atoms with van der Waals surface area (Å²) < 4.78 is 4.92. The molecule has 8 rings (SSSR count). The maximum Gasteiger partial charge on any atom is 0.220 e. The van der Waals surface area contributed by atoms with Crippen molar-refractivity contribution in [2.45, 2.75) is 0 Å². The third-order valence-corrected chi connectivity index (χ3v) is 8.06. The number of nitrogens with zero attached hydrogens (tertiary/aromatic N) is 3. The van der Waals surface area contributed by atoms with E-state index in [4.69, 9.17) is 4.98 Å². The van der Waals surface area contributed by atoms with Crippen molar-refractivity contribution < 1.29 is 0 Å². The first-order valence-corrected chi connectivity index (χ1v) is 12.6. The molecular weight excluding hydrogens is 446 g/mol. The highest BCUT2D eigenvalue weighted by molar-refractivity contribution is 7.26. The lowest BCUT2D eigenvalue weighted by Crippen LogP contribution is -2.16. The molecule has 0 saturated heterocycles. The van der Waals surface area contributed by atoms with Crippen molar-refractivity contribution in [2.24, 2.45) is 0 Å². The first-order chi connectivity index (χ1) is 17.4. The third kappa shape index (κ3) is 2.63. The van der Waals surface area contributed by atoms with Crippen LogP contribution in [0.2, 0.25) is 0 Å². The normalized spacial score (nSPS) is 13.0. The van der Waals surface area contributed by atoms with Crippen molar-refractivity contribution in [1.29, 1.82) is 0 Å². The van der Waals surface area contributed by atoms with Gasteiger partial charge in [-0.05, 0) is 59.5 Å². The van der Waals surface area contributed by atoms with Crippen molar-refractivity contribution in [1.82, 2.24) is 9.55 Å². The van der Waals surface area contributed by atoms with E-state index in [0.717, 1.165) is 28.4 Å². The van der Waals surface area contributed by atoms with Crippen LogP contribution < -0.4 is 4.90 Å². The van der Waals surface area contributed by atoms with E-state index in [1.807, 2.05) is 11.3 Å². The van der Waals surface area contributed by atoms with E-state index >= 15 is 0 Å². The summed E-state index contributed by atoms with van der Waals surface area (Å²) in [5.74, 6) is 0.891. The number of para-hydroxylation sites is 3. The highest BCUT2D eigenvalue weighted by Crippen LogP contribution is 2.46. The molecule has 0 amide bonds. The molecule has 5 aromatic carbocycles. The van der Waals surface area contributed by atoms with Gasteiger partial charge in [-0.3, -0.25) is 9.47 Å². The monoisotopic (exact) mass is 465 g/mol. The Morgan fingerprint density at radius 3 is 2.46 bits per heavy atom. The van der Waals surface area contributed by atoms with Crippen molar-refractivity contribution in [3.05, 3.63) is 115 Å². The van der Waals surface area contributed by atoms with Gasteiger partial charge < -0.3 is 0 Å². The summed E-state index contributed by atoms with van der Waals surface area (Å²) in [6, 6.07) is 36.5. The zero-order valence-electron chi connectivity index (χ0n) is 18.7. The smallest absolute Gasteiger partial charge is 0.220 e. The number of fused-ring (bicyclic) bond motifs is 5. The van der Waals surface area contributed by atoms with E-state index in [0.29, 0.717) is 0 Å². The summed E-state index contributed by atoms with van der Waals surface area (Å²) in [4.78, 5) is 7.35.